The fourth-order valence-electron chi connectivity index (χ4n) is 5.41. The van der Waals surface area contributed by atoms with Crippen molar-refractivity contribution < 1.29 is 0 Å². The summed E-state index contributed by atoms with van der Waals surface area (Å²) in [5.41, 5.74) is 1.19. The predicted molar refractivity (Wildman–Crippen MR) is 67.2 cm³/mol. The molecule has 0 saturated heterocycles. The molecule has 0 amide bonds. The topological polar surface area (TPSA) is 0 Å². The highest BCUT2D eigenvalue weighted by Crippen LogP contribution is 2.71. The van der Waals surface area contributed by atoms with Gasteiger partial charge in [0.1, 0.15) is 0 Å². The Hall–Kier alpha value is 0.960. The van der Waals surface area contributed by atoms with E-state index in [-0.39, 0.29) is 0 Å². The Morgan fingerprint density at radius 2 is 1.00 bits per heavy atom. The van der Waals surface area contributed by atoms with Gasteiger partial charge in [-0.25, -0.2) is 0 Å². The Morgan fingerprint density at radius 1 is 0.643 bits per heavy atom. The van der Waals surface area contributed by atoms with Crippen LogP contribution in [0.2, 0.25) is 0 Å². The van der Waals surface area contributed by atoms with Crippen molar-refractivity contribution in [3.05, 3.63) is 0 Å². The third kappa shape index (κ3) is 1.36. The van der Waals surface area contributed by atoms with E-state index < -0.39 is 0 Å². The smallest absolute Gasteiger partial charge is 0.0281 e. The number of hydrogen-bond acceptors (Lipinski definition) is 0. The van der Waals surface area contributed by atoms with Gasteiger partial charge in [0.15, 0.2) is 0 Å². The summed E-state index contributed by atoms with van der Waals surface area (Å²) in [5, 5.41) is 0. The lowest BCUT2D eigenvalue weighted by molar-refractivity contribution is -0.0587. The van der Waals surface area contributed by atoms with Crippen molar-refractivity contribution in [2.24, 2.45) is 10.8 Å². The second kappa shape index (κ2) is 2.45. The van der Waals surface area contributed by atoms with E-state index in [1.807, 2.05) is 0 Å². The van der Waals surface area contributed by atoms with Crippen LogP contribution in [0.3, 0.4) is 0 Å². The second-order valence-corrected chi connectivity index (χ2v) is 10.3. The molecular weight excluding hydrogens is 304 g/mol. The van der Waals surface area contributed by atoms with Crippen molar-refractivity contribution in [3.63, 3.8) is 0 Å². The first-order valence-electron chi connectivity index (χ1n) is 5.62. The molecule has 0 aliphatic heterocycles. The molecule has 4 saturated carbocycles. The van der Waals surface area contributed by atoms with Crippen LogP contribution in [0, 0.1) is 10.8 Å². The van der Waals surface area contributed by atoms with Gasteiger partial charge in [0, 0.05) is 8.65 Å². The Kier molecular flexibility index (Phi) is 1.77. The first-order valence-corrected chi connectivity index (χ1v) is 7.21. The van der Waals surface area contributed by atoms with Gasteiger partial charge in [-0.05, 0) is 49.4 Å². The van der Waals surface area contributed by atoms with Crippen molar-refractivity contribution in [3.8, 4) is 0 Å². The molecule has 0 aromatic carbocycles. The summed E-state index contributed by atoms with van der Waals surface area (Å²) in [6.45, 7) is 4.99. The standard InChI is InChI=1S/C12H18Br2/c1-9-3-10(2)6-11(13,4-9)8-12(14,5-9)7-10/h3-8H2,1-2H3. The van der Waals surface area contributed by atoms with Crippen LogP contribution in [0.15, 0.2) is 0 Å². The van der Waals surface area contributed by atoms with E-state index in [4.69, 9.17) is 0 Å². The van der Waals surface area contributed by atoms with Crippen LogP contribution in [0.25, 0.3) is 0 Å². The van der Waals surface area contributed by atoms with Crippen molar-refractivity contribution in [2.45, 2.75) is 61.0 Å². The average Bonchev–Trinajstić information content (AvgIpc) is 1.67. The summed E-state index contributed by atoms with van der Waals surface area (Å²) in [6, 6.07) is 0. The zero-order chi connectivity index (χ0) is 10.2. The third-order valence-corrected chi connectivity index (χ3v) is 6.14. The van der Waals surface area contributed by atoms with Gasteiger partial charge in [0.05, 0.1) is 0 Å². The molecular formula is C12H18Br2. The molecule has 4 rings (SSSR count). The quantitative estimate of drug-likeness (QED) is 0.570. The lowest BCUT2D eigenvalue weighted by atomic mass is 9.45. The van der Waals surface area contributed by atoms with Crippen LogP contribution in [-0.4, -0.2) is 8.65 Å². The van der Waals surface area contributed by atoms with E-state index in [1.165, 1.54) is 38.5 Å². The fraction of sp³-hybridized carbons (Fsp3) is 1.00. The Morgan fingerprint density at radius 3 is 1.29 bits per heavy atom. The van der Waals surface area contributed by atoms with Crippen LogP contribution >= 0.6 is 31.9 Å². The van der Waals surface area contributed by atoms with E-state index >= 15 is 0 Å². The van der Waals surface area contributed by atoms with Crippen LogP contribution in [-0.2, 0) is 0 Å². The van der Waals surface area contributed by atoms with E-state index in [2.05, 4.69) is 45.7 Å². The lowest BCUT2D eigenvalue weighted by Crippen LogP contribution is -2.61. The zero-order valence-electron chi connectivity index (χ0n) is 9.00. The molecule has 4 aliphatic rings. The number of alkyl halides is 2. The van der Waals surface area contributed by atoms with Gasteiger partial charge < -0.3 is 0 Å². The first-order chi connectivity index (χ1) is 6.24. The van der Waals surface area contributed by atoms with Gasteiger partial charge in [-0.1, -0.05) is 45.7 Å². The number of rotatable bonds is 0. The molecule has 4 aliphatic carbocycles. The van der Waals surface area contributed by atoms with Crippen LogP contribution < -0.4 is 0 Å². The second-order valence-electron chi connectivity index (χ2n) is 6.98. The summed E-state index contributed by atoms with van der Waals surface area (Å²) in [6.07, 6.45) is 8.35. The molecule has 0 radical (unpaired) electrons. The predicted octanol–water partition coefficient (Wildman–Crippen LogP) is 4.65. The molecule has 0 atom stereocenters. The highest BCUT2D eigenvalue weighted by molar-refractivity contribution is 9.10. The van der Waals surface area contributed by atoms with Crippen LogP contribution in [0.4, 0.5) is 0 Å². The molecule has 4 fully saturated rings. The van der Waals surface area contributed by atoms with E-state index in [1.54, 1.807) is 0 Å². The minimum absolute atomic E-state index is 0.453. The van der Waals surface area contributed by atoms with Gasteiger partial charge in [-0.15, -0.1) is 0 Å². The fourth-order valence-corrected chi connectivity index (χ4v) is 9.56. The highest BCUT2D eigenvalue weighted by Gasteiger charge is 2.64. The lowest BCUT2D eigenvalue weighted by Gasteiger charge is -2.66. The third-order valence-electron chi connectivity index (χ3n) is 4.46. The molecule has 0 heterocycles. The molecule has 0 nitrogen and oxygen atoms in total. The molecule has 0 N–H and O–H groups in total. The summed E-state index contributed by atoms with van der Waals surface area (Å²) >= 11 is 8.07. The zero-order valence-corrected chi connectivity index (χ0v) is 12.2. The largest absolute Gasteiger partial charge is 0.0852 e. The summed E-state index contributed by atoms with van der Waals surface area (Å²) in [5.74, 6) is 0. The van der Waals surface area contributed by atoms with Gasteiger partial charge in [0.2, 0.25) is 0 Å². The van der Waals surface area contributed by atoms with Crippen molar-refractivity contribution >= 4 is 31.9 Å². The van der Waals surface area contributed by atoms with E-state index in [0.29, 0.717) is 19.5 Å². The summed E-state index contributed by atoms with van der Waals surface area (Å²) in [4.78, 5) is 0. The molecule has 0 aromatic heterocycles. The van der Waals surface area contributed by atoms with Crippen molar-refractivity contribution in [1.82, 2.24) is 0 Å². The summed E-state index contributed by atoms with van der Waals surface area (Å²) < 4.78 is 0.906. The number of halogens is 2. The van der Waals surface area contributed by atoms with E-state index in [0.717, 1.165) is 0 Å². The SMILES string of the molecule is CC12CC3(C)CC(Br)(C1)CC(Br)(C2)C3. The van der Waals surface area contributed by atoms with Crippen molar-refractivity contribution in [1.29, 1.82) is 0 Å². The van der Waals surface area contributed by atoms with E-state index in [9.17, 15) is 0 Å². The van der Waals surface area contributed by atoms with Crippen LogP contribution in [0.5, 0.6) is 0 Å². The molecule has 2 heteroatoms. The molecule has 0 aromatic rings. The van der Waals surface area contributed by atoms with Crippen molar-refractivity contribution in [2.75, 3.05) is 0 Å². The maximum Gasteiger partial charge on any atom is 0.0281 e. The average molecular weight is 322 g/mol. The maximum absolute atomic E-state index is 4.03. The van der Waals surface area contributed by atoms with Gasteiger partial charge >= 0.3 is 0 Å². The minimum Gasteiger partial charge on any atom is -0.0852 e. The molecule has 0 spiro atoms. The molecule has 0 unspecified atom stereocenters. The Bertz CT molecular complexity index is 201. The Labute approximate surface area is 103 Å². The Balaban J connectivity index is 2.08. The minimum atomic E-state index is 0.453. The van der Waals surface area contributed by atoms with Gasteiger partial charge in [-0.3, -0.25) is 0 Å². The molecule has 4 bridgehead atoms. The normalized spacial score (nSPS) is 66.0. The highest BCUT2D eigenvalue weighted by atomic mass is 79.9. The van der Waals surface area contributed by atoms with Gasteiger partial charge in [-0.2, -0.15) is 0 Å². The summed E-state index contributed by atoms with van der Waals surface area (Å²) in [7, 11) is 0. The molecule has 14 heavy (non-hydrogen) atoms. The monoisotopic (exact) mass is 320 g/mol. The number of hydrogen-bond donors (Lipinski definition) is 0. The van der Waals surface area contributed by atoms with Crippen LogP contribution in [0.1, 0.15) is 52.4 Å². The maximum atomic E-state index is 4.03. The molecule has 80 valence electrons. The van der Waals surface area contributed by atoms with Gasteiger partial charge in [0.25, 0.3) is 0 Å². The first kappa shape index (κ1) is 10.1.